The zero-order valence-electron chi connectivity index (χ0n) is 2.35. The predicted octanol–water partition coefficient (Wildman–Crippen LogP) is -3.24. The average Bonchev–Trinajstić information content (AvgIpc) is 0.811. The maximum absolute atomic E-state index is 8.25. The van der Waals surface area contributed by atoms with Crippen molar-refractivity contribution >= 4 is 0 Å². The van der Waals surface area contributed by atoms with Crippen LogP contribution in [0.1, 0.15) is 0 Å². The Kier molecular flexibility index (Phi) is 24.3. The molecule has 0 heterocycles. The number of nitrogens with zero attached hydrogens (tertiary/aromatic N) is 1. The standard InChI is InChI=1S/Ag.BrH.NO3/c;;2-1(3)4/h;1H;/q;;-1/p-1. The molecule has 43 valence electrons. The summed E-state index contributed by atoms with van der Waals surface area (Å²) in [5.41, 5.74) is 0. The van der Waals surface area contributed by atoms with E-state index in [0.717, 1.165) is 0 Å². The number of rotatable bonds is 0. The summed E-state index contributed by atoms with van der Waals surface area (Å²) in [6, 6.07) is 0. The van der Waals surface area contributed by atoms with E-state index in [2.05, 4.69) is 0 Å². The number of hydrogen-bond donors (Lipinski definition) is 0. The van der Waals surface area contributed by atoms with E-state index in [0.29, 0.717) is 0 Å². The smallest absolute Gasteiger partial charge is 0.0689 e. The van der Waals surface area contributed by atoms with Gasteiger partial charge in [-0.15, -0.1) is 0 Å². The molecular formula is AgBrNO3-2. The Morgan fingerprint density at radius 2 is 1.33 bits per heavy atom. The summed E-state index contributed by atoms with van der Waals surface area (Å²) in [5.74, 6) is 0. The first-order valence-electron chi connectivity index (χ1n) is 0.548. The zero-order valence-corrected chi connectivity index (χ0v) is 5.42. The van der Waals surface area contributed by atoms with Crippen LogP contribution in [0.2, 0.25) is 0 Å². The second-order valence-electron chi connectivity index (χ2n) is 0.224. The molecule has 0 saturated carbocycles. The van der Waals surface area contributed by atoms with Crippen LogP contribution in [0, 0.1) is 15.3 Å². The third-order valence-corrected chi connectivity index (χ3v) is 0. The first-order valence-corrected chi connectivity index (χ1v) is 0.548. The van der Waals surface area contributed by atoms with Crippen molar-refractivity contribution in [2.24, 2.45) is 0 Å². The van der Waals surface area contributed by atoms with E-state index in [1.165, 1.54) is 0 Å². The van der Waals surface area contributed by atoms with Gasteiger partial charge in [-0.05, 0) is 0 Å². The van der Waals surface area contributed by atoms with Gasteiger partial charge in [-0.25, -0.2) is 0 Å². The fraction of sp³-hybridized carbons (Fsp3) is 0. The molecule has 0 atom stereocenters. The summed E-state index contributed by atoms with van der Waals surface area (Å²) >= 11 is 0. The van der Waals surface area contributed by atoms with Crippen LogP contribution < -0.4 is 17.0 Å². The van der Waals surface area contributed by atoms with E-state index < -0.39 is 5.09 Å². The van der Waals surface area contributed by atoms with Crippen LogP contribution >= 0.6 is 0 Å². The van der Waals surface area contributed by atoms with Gasteiger partial charge < -0.3 is 32.3 Å². The summed E-state index contributed by atoms with van der Waals surface area (Å²) in [6.07, 6.45) is 0. The van der Waals surface area contributed by atoms with E-state index in [4.69, 9.17) is 15.3 Å². The molecule has 0 unspecified atom stereocenters. The molecule has 0 spiro atoms. The van der Waals surface area contributed by atoms with Crippen molar-refractivity contribution in [1.82, 2.24) is 0 Å². The summed E-state index contributed by atoms with van der Waals surface area (Å²) in [6.45, 7) is 0. The number of halogens is 1. The molecule has 6 heavy (non-hydrogen) atoms. The van der Waals surface area contributed by atoms with Crippen molar-refractivity contribution in [2.45, 2.75) is 0 Å². The monoisotopic (exact) mass is 248 g/mol. The van der Waals surface area contributed by atoms with Gasteiger partial charge in [0.15, 0.2) is 0 Å². The first kappa shape index (κ1) is 16.1. The molecule has 0 aliphatic heterocycles. The van der Waals surface area contributed by atoms with Gasteiger partial charge >= 0.3 is 0 Å². The van der Waals surface area contributed by atoms with Gasteiger partial charge in [0.25, 0.3) is 0 Å². The van der Waals surface area contributed by atoms with E-state index in [1.807, 2.05) is 0 Å². The molecule has 1 radical (unpaired) electrons. The molecular weight excluding hydrogens is 250 g/mol. The molecule has 0 saturated heterocycles. The third-order valence-electron chi connectivity index (χ3n) is 0. The predicted molar refractivity (Wildman–Crippen MR) is 10.4 cm³/mol. The average molecular weight is 250 g/mol. The Balaban J connectivity index is -0.0000000450. The molecule has 0 N–H and O–H groups in total. The summed E-state index contributed by atoms with van der Waals surface area (Å²) in [4.78, 5) is 8.25. The van der Waals surface area contributed by atoms with Crippen LogP contribution in [-0.2, 0) is 22.4 Å². The first-order chi connectivity index (χ1) is 1.73. The van der Waals surface area contributed by atoms with Crippen molar-refractivity contribution < 1.29 is 44.4 Å². The second-order valence-corrected chi connectivity index (χ2v) is 0.224. The van der Waals surface area contributed by atoms with Crippen molar-refractivity contribution in [3.63, 3.8) is 0 Å². The minimum atomic E-state index is -1.75. The molecule has 0 aliphatic carbocycles. The van der Waals surface area contributed by atoms with Gasteiger partial charge in [0.05, 0.1) is 5.09 Å². The van der Waals surface area contributed by atoms with Gasteiger partial charge in [0, 0.05) is 22.4 Å². The van der Waals surface area contributed by atoms with Gasteiger partial charge in [-0.2, -0.15) is 0 Å². The maximum Gasteiger partial charge on any atom is 0.0689 e. The van der Waals surface area contributed by atoms with E-state index in [9.17, 15) is 0 Å². The quantitative estimate of drug-likeness (QED) is 0.258. The fourth-order valence-corrected chi connectivity index (χ4v) is 0. The van der Waals surface area contributed by atoms with Crippen LogP contribution in [0.25, 0.3) is 0 Å². The van der Waals surface area contributed by atoms with Crippen LogP contribution in [0.5, 0.6) is 0 Å². The van der Waals surface area contributed by atoms with Crippen LogP contribution in [0.15, 0.2) is 0 Å². The topological polar surface area (TPSA) is 66.2 Å². The van der Waals surface area contributed by atoms with Gasteiger partial charge in [0.2, 0.25) is 0 Å². The largest absolute Gasteiger partial charge is 1.00 e. The Hall–Kier alpha value is 0.420. The third kappa shape index (κ3) is 293. The molecule has 0 fully saturated rings. The van der Waals surface area contributed by atoms with Gasteiger partial charge in [-0.3, -0.25) is 0 Å². The molecule has 0 aliphatic rings. The van der Waals surface area contributed by atoms with Crippen molar-refractivity contribution in [3.8, 4) is 0 Å². The van der Waals surface area contributed by atoms with Crippen LogP contribution in [-0.4, -0.2) is 5.09 Å². The maximum atomic E-state index is 8.25. The molecule has 0 amide bonds. The minimum absolute atomic E-state index is 0. The van der Waals surface area contributed by atoms with E-state index in [-0.39, 0.29) is 39.4 Å². The summed E-state index contributed by atoms with van der Waals surface area (Å²) < 4.78 is 0. The SMILES string of the molecule is O=[N+]([O-])[O-].[Ag].[Br-]. The second kappa shape index (κ2) is 9.05. The van der Waals surface area contributed by atoms with Crippen LogP contribution in [0.3, 0.4) is 0 Å². The summed E-state index contributed by atoms with van der Waals surface area (Å²) in [7, 11) is 0. The normalized spacial score (nSPS) is 4.00. The Morgan fingerprint density at radius 3 is 1.33 bits per heavy atom. The molecule has 0 aromatic carbocycles. The van der Waals surface area contributed by atoms with Gasteiger partial charge in [-0.1, -0.05) is 0 Å². The van der Waals surface area contributed by atoms with E-state index in [1.54, 1.807) is 0 Å². The minimum Gasteiger partial charge on any atom is -1.00 e. The fourth-order valence-electron chi connectivity index (χ4n) is 0. The van der Waals surface area contributed by atoms with Gasteiger partial charge in [0.1, 0.15) is 0 Å². The molecule has 0 rings (SSSR count). The Bertz CT molecular complexity index is 33.8. The molecule has 0 bridgehead atoms. The Morgan fingerprint density at radius 1 is 1.33 bits per heavy atom. The summed E-state index contributed by atoms with van der Waals surface area (Å²) in [5, 5.41) is 14.8. The molecule has 0 aromatic rings. The Labute approximate surface area is 59.9 Å². The molecule has 4 nitrogen and oxygen atoms in total. The van der Waals surface area contributed by atoms with Crippen molar-refractivity contribution in [1.29, 1.82) is 0 Å². The van der Waals surface area contributed by atoms with Crippen molar-refractivity contribution in [2.75, 3.05) is 0 Å². The van der Waals surface area contributed by atoms with Crippen LogP contribution in [0.4, 0.5) is 0 Å². The molecule has 6 heteroatoms. The van der Waals surface area contributed by atoms with E-state index >= 15 is 0 Å². The molecule has 0 aromatic heterocycles. The zero-order chi connectivity index (χ0) is 3.58. The van der Waals surface area contributed by atoms with Crippen molar-refractivity contribution in [3.05, 3.63) is 15.3 Å². The number of hydrogen-bond acceptors (Lipinski definition) is 3.